The van der Waals surface area contributed by atoms with Crippen LogP contribution in [0.4, 0.5) is 0 Å². The molecule has 5 nitrogen and oxygen atoms in total. The van der Waals surface area contributed by atoms with Gasteiger partial charge in [0.2, 0.25) is 0 Å². The van der Waals surface area contributed by atoms with Crippen molar-refractivity contribution in [1.29, 1.82) is 0 Å². The third-order valence-electron chi connectivity index (χ3n) is 5.44. The highest BCUT2D eigenvalue weighted by Gasteiger charge is 2.19. The maximum Gasteiger partial charge on any atom is 0.328 e. The van der Waals surface area contributed by atoms with Gasteiger partial charge in [0.05, 0.1) is 24.2 Å². The maximum atomic E-state index is 10.9. The first-order chi connectivity index (χ1) is 15.6. The number of carbonyl (C=O) groups is 1. The lowest BCUT2D eigenvalue weighted by Crippen LogP contribution is -1.99. The van der Waals surface area contributed by atoms with Gasteiger partial charge in [-0.25, -0.2) is 4.79 Å². The van der Waals surface area contributed by atoms with Gasteiger partial charge >= 0.3 is 5.97 Å². The number of allylic oxidation sites excluding steroid dienone is 1. The Kier molecular flexibility index (Phi) is 6.17. The Morgan fingerprint density at radius 2 is 1.78 bits per heavy atom. The zero-order chi connectivity index (χ0) is 22.5. The molecule has 160 valence electrons. The van der Waals surface area contributed by atoms with Crippen molar-refractivity contribution < 1.29 is 14.6 Å². The minimum Gasteiger partial charge on any atom is -0.495 e. The molecular formula is C27H24N2O3. The van der Waals surface area contributed by atoms with E-state index in [4.69, 9.17) is 9.84 Å². The van der Waals surface area contributed by atoms with Crippen LogP contribution in [0.5, 0.6) is 5.75 Å². The summed E-state index contributed by atoms with van der Waals surface area (Å²) in [6.45, 7) is 2.15. The van der Waals surface area contributed by atoms with Crippen LogP contribution in [0.25, 0.3) is 28.1 Å². The number of carboxylic acid groups (broad SMARTS) is 1. The molecule has 0 spiro atoms. The van der Waals surface area contributed by atoms with Gasteiger partial charge in [-0.15, -0.1) is 0 Å². The SMILES string of the molecule is CC/C(=C(/c1ccc(/C=C/C(=O)O)cc1)c1ccc2[nH]ncc2c1OC)c1ccccc1. The summed E-state index contributed by atoms with van der Waals surface area (Å²) < 4.78 is 5.87. The minimum atomic E-state index is -0.967. The molecule has 0 radical (unpaired) electrons. The average Bonchev–Trinajstić information content (AvgIpc) is 3.30. The van der Waals surface area contributed by atoms with Gasteiger partial charge in [0.1, 0.15) is 5.75 Å². The highest BCUT2D eigenvalue weighted by Crippen LogP contribution is 2.41. The van der Waals surface area contributed by atoms with Crippen LogP contribution in [0.2, 0.25) is 0 Å². The summed E-state index contributed by atoms with van der Waals surface area (Å²) in [4.78, 5) is 10.9. The number of benzene rings is 3. The van der Waals surface area contributed by atoms with Crippen molar-refractivity contribution >= 4 is 34.1 Å². The van der Waals surface area contributed by atoms with Crippen LogP contribution in [0.15, 0.2) is 79.0 Å². The van der Waals surface area contributed by atoms with Crippen molar-refractivity contribution in [2.45, 2.75) is 13.3 Å². The third-order valence-corrected chi connectivity index (χ3v) is 5.44. The van der Waals surface area contributed by atoms with Crippen molar-refractivity contribution in [2.24, 2.45) is 0 Å². The van der Waals surface area contributed by atoms with Crippen LogP contribution in [0, 0.1) is 0 Å². The van der Waals surface area contributed by atoms with Crippen LogP contribution in [-0.2, 0) is 4.79 Å². The van der Waals surface area contributed by atoms with Crippen molar-refractivity contribution in [3.63, 3.8) is 0 Å². The summed E-state index contributed by atoms with van der Waals surface area (Å²) in [6, 6.07) is 22.3. The molecule has 2 N–H and O–H groups in total. The second kappa shape index (κ2) is 9.35. The van der Waals surface area contributed by atoms with Crippen molar-refractivity contribution in [2.75, 3.05) is 7.11 Å². The number of rotatable bonds is 7. The van der Waals surface area contributed by atoms with E-state index in [0.717, 1.165) is 57.0 Å². The van der Waals surface area contributed by atoms with Gasteiger partial charge in [-0.05, 0) is 52.5 Å². The number of methoxy groups -OCH3 is 1. The molecule has 0 atom stereocenters. The van der Waals surface area contributed by atoms with E-state index in [9.17, 15) is 4.79 Å². The van der Waals surface area contributed by atoms with E-state index in [1.807, 2.05) is 48.5 Å². The van der Waals surface area contributed by atoms with Gasteiger partial charge in [0.15, 0.2) is 0 Å². The van der Waals surface area contributed by atoms with E-state index in [-0.39, 0.29) is 0 Å². The fourth-order valence-corrected chi connectivity index (χ4v) is 3.99. The number of ether oxygens (including phenoxy) is 1. The minimum absolute atomic E-state index is 0.767. The second-order valence-corrected chi connectivity index (χ2v) is 7.34. The molecule has 0 aliphatic rings. The predicted octanol–water partition coefficient (Wildman–Crippen LogP) is 6.04. The standard InChI is InChI=1S/C27H24N2O3/c1-3-21(19-7-5-4-6-8-19)26(20-12-9-18(10-13-20)11-16-25(30)31)22-14-15-24-23(17-28-29-24)27(22)32-2/h4-17H,3H2,1-2H3,(H,28,29)(H,30,31)/b16-11+,26-21+. The first kappa shape index (κ1) is 21.1. The molecule has 0 amide bonds. The van der Waals surface area contributed by atoms with Gasteiger partial charge in [-0.2, -0.15) is 5.10 Å². The molecule has 0 unspecified atom stereocenters. The summed E-state index contributed by atoms with van der Waals surface area (Å²) >= 11 is 0. The Balaban J connectivity index is 1.97. The number of aliphatic carboxylic acids is 1. The number of fused-ring (bicyclic) bond motifs is 1. The second-order valence-electron chi connectivity index (χ2n) is 7.34. The lowest BCUT2D eigenvalue weighted by molar-refractivity contribution is -0.131. The molecule has 0 saturated heterocycles. The Morgan fingerprint density at radius 3 is 2.44 bits per heavy atom. The van der Waals surface area contributed by atoms with Crippen LogP contribution >= 0.6 is 0 Å². The Labute approximate surface area is 186 Å². The van der Waals surface area contributed by atoms with Crippen LogP contribution < -0.4 is 4.74 Å². The van der Waals surface area contributed by atoms with E-state index < -0.39 is 5.97 Å². The zero-order valence-electron chi connectivity index (χ0n) is 18.0. The van der Waals surface area contributed by atoms with Gasteiger partial charge < -0.3 is 9.84 Å². The van der Waals surface area contributed by atoms with Gasteiger partial charge in [0, 0.05) is 11.6 Å². The zero-order valence-corrected chi connectivity index (χ0v) is 18.0. The van der Waals surface area contributed by atoms with Gasteiger partial charge in [-0.3, -0.25) is 5.10 Å². The first-order valence-corrected chi connectivity index (χ1v) is 10.4. The molecule has 1 aromatic heterocycles. The van der Waals surface area contributed by atoms with E-state index in [1.165, 1.54) is 5.57 Å². The number of nitrogens with one attached hydrogen (secondary N) is 1. The fourth-order valence-electron chi connectivity index (χ4n) is 3.99. The van der Waals surface area contributed by atoms with Crippen LogP contribution in [0.3, 0.4) is 0 Å². The maximum absolute atomic E-state index is 10.9. The number of hydrogen-bond acceptors (Lipinski definition) is 3. The van der Waals surface area contributed by atoms with Gasteiger partial charge in [-0.1, -0.05) is 61.5 Å². The van der Waals surface area contributed by atoms with E-state index in [1.54, 1.807) is 19.4 Å². The quantitative estimate of drug-likeness (QED) is 0.280. The van der Waals surface area contributed by atoms with Crippen LogP contribution in [0.1, 0.15) is 35.6 Å². The summed E-state index contributed by atoms with van der Waals surface area (Å²) in [7, 11) is 1.68. The molecule has 5 heteroatoms. The summed E-state index contributed by atoms with van der Waals surface area (Å²) in [5, 5.41) is 17.0. The molecule has 4 aromatic rings. The van der Waals surface area contributed by atoms with E-state index in [2.05, 4.69) is 35.3 Å². The van der Waals surface area contributed by atoms with E-state index in [0.29, 0.717) is 0 Å². The van der Waals surface area contributed by atoms with Crippen molar-refractivity contribution in [3.05, 3.63) is 101 Å². The van der Waals surface area contributed by atoms with Crippen molar-refractivity contribution in [3.8, 4) is 5.75 Å². The lowest BCUT2D eigenvalue weighted by Gasteiger charge is -2.19. The fraction of sp³-hybridized carbons (Fsp3) is 0.111. The summed E-state index contributed by atoms with van der Waals surface area (Å²) in [6.07, 6.45) is 5.34. The predicted molar refractivity (Wildman–Crippen MR) is 128 cm³/mol. The third kappa shape index (κ3) is 4.18. The largest absolute Gasteiger partial charge is 0.495 e. The highest BCUT2D eigenvalue weighted by atomic mass is 16.5. The van der Waals surface area contributed by atoms with Gasteiger partial charge in [0.25, 0.3) is 0 Å². The molecule has 0 saturated carbocycles. The molecule has 4 rings (SSSR count). The monoisotopic (exact) mass is 424 g/mol. The molecule has 0 fully saturated rings. The number of carboxylic acids is 1. The summed E-state index contributed by atoms with van der Waals surface area (Å²) in [5.41, 5.74) is 7.17. The molecule has 1 heterocycles. The van der Waals surface area contributed by atoms with E-state index >= 15 is 0 Å². The highest BCUT2D eigenvalue weighted by molar-refractivity contribution is 6.03. The molecule has 32 heavy (non-hydrogen) atoms. The topological polar surface area (TPSA) is 75.2 Å². The number of aromatic nitrogens is 2. The molecule has 0 bridgehead atoms. The normalized spacial score (nSPS) is 12.2. The molecule has 0 aliphatic carbocycles. The Bertz CT molecular complexity index is 1300. The van der Waals surface area contributed by atoms with Crippen LogP contribution in [-0.4, -0.2) is 28.4 Å². The molecular weight excluding hydrogens is 400 g/mol. The number of aromatic amines is 1. The Morgan fingerprint density at radius 1 is 1.03 bits per heavy atom. The molecule has 3 aromatic carbocycles. The molecule has 0 aliphatic heterocycles. The average molecular weight is 425 g/mol. The first-order valence-electron chi connectivity index (χ1n) is 10.4. The van der Waals surface area contributed by atoms with Crippen molar-refractivity contribution in [1.82, 2.24) is 10.2 Å². The lowest BCUT2D eigenvalue weighted by atomic mass is 9.87. The number of nitrogens with zero attached hydrogens (tertiary/aromatic N) is 1. The smallest absolute Gasteiger partial charge is 0.328 e. The Hall–Kier alpha value is -4.12. The number of hydrogen-bond donors (Lipinski definition) is 2. The number of H-pyrrole nitrogens is 1. The summed E-state index contributed by atoms with van der Waals surface area (Å²) in [5.74, 6) is -0.201.